The van der Waals surface area contributed by atoms with Crippen molar-refractivity contribution in [3.8, 4) is 0 Å². The van der Waals surface area contributed by atoms with Gasteiger partial charge in [-0.1, -0.05) is 52.3 Å². The third kappa shape index (κ3) is 5.88. The van der Waals surface area contributed by atoms with Crippen molar-refractivity contribution in [2.45, 2.75) is 33.0 Å². The van der Waals surface area contributed by atoms with Gasteiger partial charge in [0.1, 0.15) is 0 Å². The molecule has 29 heavy (non-hydrogen) atoms. The Balaban J connectivity index is 2.30. The van der Waals surface area contributed by atoms with Crippen LogP contribution in [0.25, 0.3) is 0 Å². The second-order valence-corrected chi connectivity index (χ2v) is 7.57. The first-order valence-corrected chi connectivity index (χ1v) is 10.1. The third-order valence-corrected chi connectivity index (χ3v) is 5.16. The molecule has 2 N–H and O–H groups in total. The van der Waals surface area contributed by atoms with Gasteiger partial charge in [0.25, 0.3) is 0 Å². The van der Waals surface area contributed by atoms with Gasteiger partial charge < -0.3 is 19.7 Å². The summed E-state index contributed by atoms with van der Waals surface area (Å²) in [7, 11) is 0. The molecular formula is C22H25BrO6. The van der Waals surface area contributed by atoms with Crippen LogP contribution >= 0.6 is 15.9 Å². The van der Waals surface area contributed by atoms with E-state index in [0.29, 0.717) is 24.3 Å². The molecular weight excluding hydrogens is 440 g/mol. The lowest BCUT2D eigenvalue weighted by Gasteiger charge is -2.25. The van der Waals surface area contributed by atoms with Crippen molar-refractivity contribution in [1.29, 1.82) is 0 Å². The summed E-state index contributed by atoms with van der Waals surface area (Å²) in [6, 6.07) is 14.0. The van der Waals surface area contributed by atoms with E-state index >= 15 is 0 Å². The van der Waals surface area contributed by atoms with Crippen LogP contribution in [0.5, 0.6) is 0 Å². The lowest BCUT2D eigenvalue weighted by atomic mass is 9.76. The minimum atomic E-state index is -1.96. The highest BCUT2D eigenvalue weighted by Gasteiger charge is 2.46. The SMILES string of the molecule is CCOC(OCC)c1ccc(CC(Cc2ccc(Br)cc2)(C(=O)O)C(=O)O)cc1. The van der Waals surface area contributed by atoms with Gasteiger partial charge in [0, 0.05) is 23.2 Å². The zero-order chi connectivity index (χ0) is 21.4. The number of hydrogen-bond acceptors (Lipinski definition) is 4. The van der Waals surface area contributed by atoms with Crippen LogP contribution in [0.2, 0.25) is 0 Å². The minimum Gasteiger partial charge on any atom is -0.480 e. The van der Waals surface area contributed by atoms with Gasteiger partial charge in [0.2, 0.25) is 0 Å². The summed E-state index contributed by atoms with van der Waals surface area (Å²) in [6.45, 7) is 4.72. The van der Waals surface area contributed by atoms with Crippen molar-refractivity contribution in [3.05, 3.63) is 69.7 Å². The zero-order valence-electron chi connectivity index (χ0n) is 16.4. The second-order valence-electron chi connectivity index (χ2n) is 6.66. The van der Waals surface area contributed by atoms with Crippen molar-refractivity contribution in [3.63, 3.8) is 0 Å². The Kier molecular flexibility index (Phi) is 8.37. The summed E-state index contributed by atoms with van der Waals surface area (Å²) in [6.07, 6.45) is -0.764. The van der Waals surface area contributed by atoms with Crippen molar-refractivity contribution >= 4 is 27.9 Å². The quantitative estimate of drug-likeness (QED) is 0.376. The number of carboxylic acids is 2. The van der Waals surface area contributed by atoms with Crippen molar-refractivity contribution in [2.24, 2.45) is 5.41 Å². The number of carbonyl (C=O) groups is 2. The predicted octanol–water partition coefficient (Wildman–Crippen LogP) is 4.46. The summed E-state index contributed by atoms with van der Waals surface area (Å²) in [5, 5.41) is 19.6. The van der Waals surface area contributed by atoms with E-state index in [1.807, 2.05) is 13.8 Å². The maximum atomic E-state index is 12.1. The zero-order valence-corrected chi connectivity index (χ0v) is 18.0. The largest absolute Gasteiger partial charge is 0.480 e. The number of halogens is 1. The third-order valence-electron chi connectivity index (χ3n) is 4.63. The van der Waals surface area contributed by atoms with Gasteiger partial charge in [-0.25, -0.2) is 0 Å². The molecule has 0 aliphatic rings. The Morgan fingerprint density at radius 3 is 1.66 bits per heavy atom. The molecule has 0 fully saturated rings. The highest BCUT2D eigenvalue weighted by Crippen LogP contribution is 2.31. The van der Waals surface area contributed by atoms with Gasteiger partial charge in [-0.15, -0.1) is 0 Å². The Bertz CT molecular complexity index is 796. The van der Waals surface area contributed by atoms with Crippen molar-refractivity contribution < 1.29 is 29.3 Å². The molecule has 2 aromatic rings. The van der Waals surface area contributed by atoms with Crippen molar-refractivity contribution in [2.75, 3.05) is 13.2 Å². The van der Waals surface area contributed by atoms with Crippen LogP contribution in [0.3, 0.4) is 0 Å². The number of hydrogen-bond donors (Lipinski definition) is 2. The average Bonchev–Trinajstić information content (AvgIpc) is 2.69. The Morgan fingerprint density at radius 2 is 1.28 bits per heavy atom. The van der Waals surface area contributed by atoms with Crippen molar-refractivity contribution in [1.82, 2.24) is 0 Å². The van der Waals surface area contributed by atoms with Crippen LogP contribution in [-0.4, -0.2) is 35.4 Å². The fourth-order valence-electron chi connectivity index (χ4n) is 3.09. The molecule has 0 saturated heterocycles. The van der Waals surface area contributed by atoms with E-state index in [0.717, 1.165) is 10.0 Å². The maximum absolute atomic E-state index is 12.1. The number of carboxylic acid groups (broad SMARTS) is 2. The van der Waals surface area contributed by atoms with Gasteiger partial charge >= 0.3 is 11.9 Å². The van der Waals surface area contributed by atoms with Gasteiger partial charge in [0.05, 0.1) is 0 Å². The van der Waals surface area contributed by atoms with Crippen LogP contribution in [-0.2, 0) is 31.9 Å². The number of aliphatic carboxylic acids is 2. The Morgan fingerprint density at radius 1 is 0.862 bits per heavy atom. The first-order valence-electron chi connectivity index (χ1n) is 9.35. The number of ether oxygens (including phenoxy) is 2. The predicted molar refractivity (Wildman–Crippen MR) is 112 cm³/mol. The van der Waals surface area contributed by atoms with E-state index in [1.54, 1.807) is 48.5 Å². The maximum Gasteiger partial charge on any atom is 0.321 e. The molecule has 0 bridgehead atoms. The van der Waals surface area contributed by atoms with Gasteiger partial charge in [-0.05, 0) is 49.9 Å². The molecule has 2 rings (SSSR count). The molecule has 6 nitrogen and oxygen atoms in total. The minimum absolute atomic E-state index is 0.118. The number of rotatable bonds is 11. The molecule has 0 heterocycles. The van der Waals surface area contributed by atoms with E-state index in [9.17, 15) is 19.8 Å². The summed E-state index contributed by atoms with van der Waals surface area (Å²) >= 11 is 3.32. The molecule has 0 aromatic heterocycles. The molecule has 0 aliphatic carbocycles. The van der Waals surface area contributed by atoms with Crippen LogP contribution in [0.1, 0.15) is 36.8 Å². The smallest absolute Gasteiger partial charge is 0.321 e. The lowest BCUT2D eigenvalue weighted by Crippen LogP contribution is -2.43. The molecule has 0 saturated carbocycles. The van der Waals surface area contributed by atoms with Crippen LogP contribution in [0.15, 0.2) is 53.0 Å². The summed E-state index contributed by atoms with van der Waals surface area (Å²) in [4.78, 5) is 24.1. The fourth-order valence-corrected chi connectivity index (χ4v) is 3.36. The van der Waals surface area contributed by atoms with E-state index in [1.165, 1.54) is 0 Å². The van der Waals surface area contributed by atoms with Crippen LogP contribution < -0.4 is 0 Å². The normalized spacial score (nSPS) is 11.6. The highest BCUT2D eigenvalue weighted by atomic mass is 79.9. The lowest BCUT2D eigenvalue weighted by molar-refractivity contribution is -0.164. The molecule has 0 unspecified atom stereocenters. The van der Waals surface area contributed by atoms with Crippen LogP contribution in [0.4, 0.5) is 0 Å². The average molecular weight is 465 g/mol. The first-order chi connectivity index (χ1) is 13.8. The Hall–Kier alpha value is -2.22. The highest BCUT2D eigenvalue weighted by molar-refractivity contribution is 9.10. The molecule has 0 amide bonds. The monoisotopic (exact) mass is 464 g/mol. The van der Waals surface area contributed by atoms with E-state index < -0.39 is 23.6 Å². The standard InChI is InChI=1S/C22H25BrO6/c1-3-28-19(29-4-2)17-9-5-15(6-10-17)13-22(20(24)25,21(26)27)14-16-7-11-18(23)12-8-16/h5-12,19H,3-4,13-14H2,1-2H3,(H,24,25)(H,26,27). The molecule has 0 atom stereocenters. The fraction of sp³-hybridized carbons (Fsp3) is 0.364. The van der Waals surface area contributed by atoms with Gasteiger partial charge in [-0.3, -0.25) is 9.59 Å². The first kappa shape index (κ1) is 23.1. The molecule has 2 aromatic carbocycles. The molecule has 0 aliphatic heterocycles. The van der Waals surface area contributed by atoms with Gasteiger partial charge in [0.15, 0.2) is 11.7 Å². The topological polar surface area (TPSA) is 93.1 Å². The van der Waals surface area contributed by atoms with Gasteiger partial charge in [-0.2, -0.15) is 0 Å². The van der Waals surface area contributed by atoms with E-state index in [2.05, 4.69) is 15.9 Å². The van der Waals surface area contributed by atoms with Crippen LogP contribution in [0, 0.1) is 5.41 Å². The molecule has 156 valence electrons. The van der Waals surface area contributed by atoms with E-state index in [4.69, 9.17) is 9.47 Å². The molecule has 7 heteroatoms. The Labute approximate surface area is 178 Å². The molecule has 0 spiro atoms. The number of benzene rings is 2. The van der Waals surface area contributed by atoms with E-state index in [-0.39, 0.29) is 12.8 Å². The second kappa shape index (κ2) is 10.5. The summed E-state index contributed by atoms with van der Waals surface area (Å²) < 4.78 is 12.0. The summed E-state index contributed by atoms with van der Waals surface area (Å²) in [5.41, 5.74) is 0.0839. The molecule has 0 radical (unpaired) electrons. The summed E-state index contributed by atoms with van der Waals surface area (Å²) in [5.74, 6) is -2.72.